The lowest BCUT2D eigenvalue weighted by Crippen LogP contribution is -2.46. The van der Waals surface area contributed by atoms with E-state index in [2.05, 4.69) is 32.9 Å². The van der Waals surface area contributed by atoms with E-state index in [1.807, 2.05) is 0 Å². The van der Waals surface area contributed by atoms with Gasteiger partial charge < -0.3 is 0 Å². The Morgan fingerprint density at radius 2 is 2.09 bits per heavy atom. The minimum atomic E-state index is 0.886. The van der Waals surface area contributed by atoms with Gasteiger partial charge in [-0.15, -0.1) is 0 Å². The van der Waals surface area contributed by atoms with Crippen LogP contribution in [-0.2, 0) is 0 Å². The molecule has 3 atom stereocenters. The van der Waals surface area contributed by atoms with Gasteiger partial charge >= 0.3 is 0 Å². The van der Waals surface area contributed by atoms with Crippen molar-refractivity contribution in [2.75, 3.05) is 6.54 Å². The van der Waals surface area contributed by atoms with Crippen LogP contribution in [0.25, 0.3) is 0 Å². The average molecular weight is 265 g/mol. The van der Waals surface area contributed by atoms with Crippen LogP contribution in [0.1, 0.15) is 32.6 Å². The third-order valence-corrected chi connectivity index (χ3v) is 4.61. The molecule has 0 aromatic rings. The molecule has 1 saturated carbocycles. The third kappa shape index (κ3) is 1.44. The maximum atomic E-state index is 2.54. The van der Waals surface area contributed by atoms with Gasteiger partial charge in [-0.2, -0.15) is 0 Å². The number of halogens is 1. The Morgan fingerprint density at radius 1 is 1.36 bits per heavy atom. The van der Waals surface area contributed by atoms with Gasteiger partial charge in [0.15, 0.2) is 0 Å². The first-order chi connectivity index (χ1) is 5.31. The Balaban J connectivity index is 1.94. The number of hydrogen-bond donors (Lipinski definition) is 0. The predicted molar refractivity (Wildman–Crippen MR) is 55.6 cm³/mol. The van der Waals surface area contributed by atoms with E-state index in [0.29, 0.717) is 0 Å². The molecule has 0 radical (unpaired) electrons. The fraction of sp³-hybridized carbons (Fsp3) is 1.00. The molecule has 1 aliphatic heterocycles. The summed E-state index contributed by atoms with van der Waals surface area (Å²) in [7, 11) is 0. The average Bonchev–Trinajstić information content (AvgIpc) is 1.97. The molecule has 11 heavy (non-hydrogen) atoms. The Labute approximate surface area is 83.0 Å². The van der Waals surface area contributed by atoms with Crippen molar-refractivity contribution in [1.29, 1.82) is 0 Å². The summed E-state index contributed by atoms with van der Waals surface area (Å²) in [5, 5.41) is 0. The van der Waals surface area contributed by atoms with Gasteiger partial charge in [-0.1, -0.05) is 6.92 Å². The third-order valence-electron chi connectivity index (χ3n) is 3.43. The second-order valence-corrected chi connectivity index (χ2v) is 5.22. The molecule has 0 bridgehead atoms. The number of fused-ring (bicyclic) bond motifs is 1. The lowest BCUT2D eigenvalue weighted by Gasteiger charge is -2.47. The van der Waals surface area contributed by atoms with Gasteiger partial charge in [0.1, 0.15) is 0 Å². The number of nitrogens with zero attached hydrogens (tertiary/aromatic N) is 1. The van der Waals surface area contributed by atoms with Gasteiger partial charge in [-0.25, -0.2) is 3.11 Å². The van der Waals surface area contributed by atoms with Crippen LogP contribution in [0.15, 0.2) is 0 Å². The van der Waals surface area contributed by atoms with Gasteiger partial charge in [-0.05, 0) is 37.5 Å². The van der Waals surface area contributed by atoms with Gasteiger partial charge in [0.2, 0.25) is 0 Å². The summed E-state index contributed by atoms with van der Waals surface area (Å²) in [4.78, 5) is 0. The molecule has 1 nitrogen and oxygen atoms in total. The summed E-state index contributed by atoms with van der Waals surface area (Å²) in [6, 6.07) is 0.886. The van der Waals surface area contributed by atoms with Crippen LogP contribution in [0.3, 0.4) is 0 Å². The molecule has 0 amide bonds. The number of rotatable bonds is 1. The molecular weight excluding hydrogens is 249 g/mol. The summed E-state index contributed by atoms with van der Waals surface area (Å²) in [6.07, 6.45) is 5.84. The molecule has 2 heteroatoms. The Hall–Kier alpha value is 0.690. The maximum absolute atomic E-state index is 2.54. The van der Waals surface area contributed by atoms with Crippen molar-refractivity contribution in [3.8, 4) is 0 Å². The highest BCUT2D eigenvalue weighted by Crippen LogP contribution is 2.44. The lowest BCUT2D eigenvalue weighted by atomic mass is 9.68. The van der Waals surface area contributed by atoms with E-state index in [1.54, 1.807) is 0 Å². The molecule has 0 unspecified atom stereocenters. The van der Waals surface area contributed by atoms with Gasteiger partial charge in [-0.3, -0.25) is 0 Å². The molecule has 1 heterocycles. The maximum Gasteiger partial charge on any atom is 0.0204 e. The van der Waals surface area contributed by atoms with Crippen LogP contribution in [0, 0.1) is 11.8 Å². The normalized spacial score (nSPS) is 44.7. The Bertz CT molecular complexity index is 148. The van der Waals surface area contributed by atoms with Gasteiger partial charge in [0, 0.05) is 35.5 Å². The van der Waals surface area contributed by atoms with Crippen LogP contribution in [-0.4, -0.2) is 15.7 Å². The molecule has 0 N–H and O–H groups in total. The highest BCUT2D eigenvalue weighted by Gasteiger charge is 2.39. The first kappa shape index (κ1) is 8.30. The molecule has 0 aromatic carbocycles. The SMILES string of the molecule is CC[C@H]1C[C@@H]2CC[C@@H]2CN1I. The Kier molecular flexibility index (Phi) is 2.42. The topological polar surface area (TPSA) is 3.24 Å². The minimum absolute atomic E-state index is 0.886. The molecule has 64 valence electrons. The standard InChI is InChI=1S/C9H16IN/c1-2-9-5-7-3-4-8(7)6-11(9)10/h7-9H,2-6H2,1H3/t7-,8+,9-/m0/s1. The fourth-order valence-electron chi connectivity index (χ4n) is 2.39. The van der Waals surface area contributed by atoms with Crippen LogP contribution in [0.4, 0.5) is 0 Å². The Morgan fingerprint density at radius 3 is 2.64 bits per heavy atom. The largest absolute Gasteiger partial charge is 0.244 e. The minimum Gasteiger partial charge on any atom is -0.244 e. The second-order valence-electron chi connectivity index (χ2n) is 3.98. The van der Waals surface area contributed by atoms with E-state index in [0.717, 1.165) is 17.9 Å². The highest BCUT2D eigenvalue weighted by molar-refractivity contribution is 14.1. The van der Waals surface area contributed by atoms with Crippen molar-refractivity contribution in [3.63, 3.8) is 0 Å². The zero-order chi connectivity index (χ0) is 7.84. The van der Waals surface area contributed by atoms with E-state index in [9.17, 15) is 0 Å². The van der Waals surface area contributed by atoms with Crippen LogP contribution in [0.2, 0.25) is 0 Å². The quantitative estimate of drug-likeness (QED) is 0.520. The van der Waals surface area contributed by atoms with Crippen molar-refractivity contribution < 1.29 is 0 Å². The molecule has 2 rings (SSSR count). The lowest BCUT2D eigenvalue weighted by molar-refractivity contribution is 0.0641. The van der Waals surface area contributed by atoms with Crippen molar-refractivity contribution >= 4 is 22.9 Å². The van der Waals surface area contributed by atoms with E-state index in [-0.39, 0.29) is 0 Å². The molecule has 2 aliphatic rings. The van der Waals surface area contributed by atoms with E-state index >= 15 is 0 Å². The van der Waals surface area contributed by atoms with Crippen molar-refractivity contribution in [1.82, 2.24) is 3.11 Å². The summed E-state index contributed by atoms with van der Waals surface area (Å²) in [5.74, 6) is 2.17. The summed E-state index contributed by atoms with van der Waals surface area (Å²) in [6.45, 7) is 3.68. The van der Waals surface area contributed by atoms with Crippen molar-refractivity contribution in [2.24, 2.45) is 11.8 Å². The molecule has 1 saturated heterocycles. The van der Waals surface area contributed by atoms with Crippen molar-refractivity contribution in [2.45, 2.75) is 38.6 Å². The predicted octanol–water partition coefficient (Wildman–Crippen LogP) is 2.85. The van der Waals surface area contributed by atoms with Crippen LogP contribution < -0.4 is 0 Å². The van der Waals surface area contributed by atoms with Crippen molar-refractivity contribution in [3.05, 3.63) is 0 Å². The van der Waals surface area contributed by atoms with E-state index in [1.165, 1.54) is 32.2 Å². The summed E-state index contributed by atoms with van der Waals surface area (Å²) in [5.41, 5.74) is 0. The molecule has 1 aliphatic carbocycles. The molecule has 0 aromatic heterocycles. The summed E-state index contributed by atoms with van der Waals surface area (Å²) < 4.78 is 2.54. The van der Waals surface area contributed by atoms with Gasteiger partial charge in [0.05, 0.1) is 0 Å². The smallest absolute Gasteiger partial charge is 0.0204 e. The fourth-order valence-corrected chi connectivity index (χ4v) is 3.52. The van der Waals surface area contributed by atoms with Crippen LogP contribution >= 0.6 is 22.9 Å². The zero-order valence-corrected chi connectivity index (χ0v) is 9.25. The summed E-state index contributed by atoms with van der Waals surface area (Å²) >= 11 is 2.51. The van der Waals surface area contributed by atoms with Crippen LogP contribution in [0.5, 0.6) is 0 Å². The number of hydrogen-bond acceptors (Lipinski definition) is 1. The second kappa shape index (κ2) is 3.21. The molecule has 0 spiro atoms. The molecular formula is C9H16IN. The first-order valence-corrected chi connectivity index (χ1v) is 5.70. The molecule has 2 fully saturated rings. The first-order valence-electron chi connectivity index (χ1n) is 4.73. The monoisotopic (exact) mass is 265 g/mol. The number of piperidine rings is 1. The highest BCUT2D eigenvalue weighted by atomic mass is 127. The zero-order valence-electron chi connectivity index (χ0n) is 7.09. The van der Waals surface area contributed by atoms with Gasteiger partial charge in [0.25, 0.3) is 0 Å². The van der Waals surface area contributed by atoms with E-state index < -0.39 is 0 Å². The van der Waals surface area contributed by atoms with E-state index in [4.69, 9.17) is 0 Å².